The quantitative estimate of drug-likeness (QED) is 0.558. The second kappa shape index (κ2) is 8.08. The fourth-order valence-corrected chi connectivity index (χ4v) is 4.05. The van der Waals surface area contributed by atoms with E-state index in [4.69, 9.17) is 5.11 Å². The molecule has 2 aliphatic rings. The Balaban J connectivity index is 2.13. The molecular formula is C20H25NO4S. The lowest BCUT2D eigenvalue weighted by Gasteiger charge is -2.32. The molecule has 1 fully saturated rings. The van der Waals surface area contributed by atoms with Crippen molar-refractivity contribution in [3.8, 4) is 0 Å². The molecule has 0 atom stereocenters. The van der Waals surface area contributed by atoms with Crippen molar-refractivity contribution in [1.82, 2.24) is 4.90 Å². The number of amides is 2. The zero-order valence-electron chi connectivity index (χ0n) is 15.7. The van der Waals surface area contributed by atoms with Crippen molar-refractivity contribution in [2.24, 2.45) is 5.41 Å². The Kier molecular flexibility index (Phi) is 6.29. The lowest BCUT2D eigenvalue weighted by Crippen LogP contribution is -2.33. The van der Waals surface area contributed by atoms with Crippen molar-refractivity contribution in [3.05, 3.63) is 45.9 Å². The van der Waals surface area contributed by atoms with Gasteiger partial charge in [-0.2, -0.15) is 0 Å². The van der Waals surface area contributed by atoms with E-state index in [1.54, 1.807) is 12.2 Å². The van der Waals surface area contributed by atoms with Gasteiger partial charge < -0.3 is 5.11 Å². The maximum absolute atomic E-state index is 12.1. The number of allylic oxidation sites excluding steroid dienone is 7. The molecule has 0 unspecified atom stereocenters. The first-order valence-electron chi connectivity index (χ1n) is 8.64. The van der Waals surface area contributed by atoms with Crippen LogP contribution < -0.4 is 0 Å². The monoisotopic (exact) mass is 375 g/mol. The van der Waals surface area contributed by atoms with Gasteiger partial charge >= 0.3 is 5.97 Å². The molecule has 0 saturated carbocycles. The summed E-state index contributed by atoms with van der Waals surface area (Å²) in [5.41, 5.74) is 3.90. The predicted octanol–water partition coefficient (Wildman–Crippen LogP) is 4.68. The Labute approximate surface area is 158 Å². The van der Waals surface area contributed by atoms with E-state index < -0.39 is 23.7 Å². The highest BCUT2D eigenvalue weighted by atomic mass is 32.2. The van der Waals surface area contributed by atoms with Crippen LogP contribution in [-0.2, 0) is 9.59 Å². The highest BCUT2D eigenvalue weighted by Crippen LogP contribution is 2.40. The second-order valence-corrected chi connectivity index (χ2v) is 8.35. The van der Waals surface area contributed by atoms with Crippen LogP contribution in [0.4, 0.5) is 4.79 Å². The summed E-state index contributed by atoms with van der Waals surface area (Å²) >= 11 is 0.769. The summed E-state index contributed by atoms with van der Waals surface area (Å²) in [6.07, 6.45) is 11.0. The molecule has 5 nitrogen and oxygen atoms in total. The predicted molar refractivity (Wildman–Crippen MR) is 104 cm³/mol. The number of carbonyl (C=O) groups is 3. The Bertz CT molecular complexity index is 756. The van der Waals surface area contributed by atoms with Crippen molar-refractivity contribution < 1.29 is 19.5 Å². The molecule has 1 N–H and O–H groups in total. The summed E-state index contributed by atoms with van der Waals surface area (Å²) in [5.74, 6) is -1.76. The third kappa shape index (κ3) is 4.75. The molecule has 26 heavy (non-hydrogen) atoms. The molecule has 0 radical (unpaired) electrons. The summed E-state index contributed by atoms with van der Waals surface area (Å²) in [6, 6.07) is 0. The zero-order chi connectivity index (χ0) is 19.5. The fourth-order valence-electron chi connectivity index (χ4n) is 3.27. The molecule has 0 aromatic carbocycles. The number of hydrogen-bond donors (Lipinski definition) is 1. The highest BCUT2D eigenvalue weighted by Gasteiger charge is 2.35. The van der Waals surface area contributed by atoms with Gasteiger partial charge in [0.15, 0.2) is 0 Å². The third-order valence-electron chi connectivity index (χ3n) is 4.72. The van der Waals surface area contributed by atoms with E-state index in [1.165, 1.54) is 24.0 Å². The van der Waals surface area contributed by atoms with Gasteiger partial charge in [-0.05, 0) is 61.9 Å². The van der Waals surface area contributed by atoms with Gasteiger partial charge in [-0.3, -0.25) is 19.3 Å². The number of hydrogen-bond acceptors (Lipinski definition) is 4. The Morgan fingerprint density at radius 1 is 1.35 bits per heavy atom. The number of rotatable bonds is 5. The number of thioether (sulfide) groups is 1. The maximum Gasteiger partial charge on any atom is 0.323 e. The third-order valence-corrected chi connectivity index (χ3v) is 5.65. The average molecular weight is 375 g/mol. The molecule has 2 amide bonds. The van der Waals surface area contributed by atoms with Crippen molar-refractivity contribution in [2.75, 3.05) is 6.54 Å². The number of carboxylic acids is 1. The van der Waals surface area contributed by atoms with Gasteiger partial charge in [0.25, 0.3) is 11.1 Å². The average Bonchev–Trinajstić information content (AvgIpc) is 2.79. The summed E-state index contributed by atoms with van der Waals surface area (Å²) in [5, 5.41) is 8.22. The van der Waals surface area contributed by atoms with Gasteiger partial charge in [0.1, 0.15) is 6.54 Å². The first kappa shape index (κ1) is 20.2. The molecule has 140 valence electrons. The van der Waals surface area contributed by atoms with Gasteiger partial charge in [0.05, 0.1) is 4.91 Å². The van der Waals surface area contributed by atoms with Crippen LogP contribution in [0.5, 0.6) is 0 Å². The van der Waals surface area contributed by atoms with Gasteiger partial charge in [0.2, 0.25) is 0 Å². The van der Waals surface area contributed by atoms with Crippen molar-refractivity contribution in [3.63, 3.8) is 0 Å². The van der Waals surface area contributed by atoms with E-state index in [-0.39, 0.29) is 10.3 Å². The topological polar surface area (TPSA) is 74.7 Å². The second-order valence-electron chi connectivity index (χ2n) is 7.36. The Morgan fingerprint density at radius 3 is 2.65 bits per heavy atom. The van der Waals surface area contributed by atoms with Crippen LogP contribution >= 0.6 is 11.8 Å². The normalized spacial score (nSPS) is 22.8. The number of carboxylic acid groups (broad SMARTS) is 1. The van der Waals surface area contributed by atoms with Crippen LogP contribution in [0.1, 0.15) is 47.0 Å². The molecular weight excluding hydrogens is 350 g/mol. The number of imide groups is 1. The van der Waals surface area contributed by atoms with Crippen LogP contribution in [-0.4, -0.2) is 33.7 Å². The van der Waals surface area contributed by atoms with Crippen LogP contribution in [0.3, 0.4) is 0 Å². The van der Waals surface area contributed by atoms with E-state index >= 15 is 0 Å². The minimum absolute atomic E-state index is 0.165. The van der Waals surface area contributed by atoms with E-state index in [9.17, 15) is 14.4 Å². The number of carbonyl (C=O) groups excluding carboxylic acids is 2. The standard InChI is InChI=1S/C20H25NO4S/c1-13(7-9-15-14(2)6-5-11-20(15,3)4)8-10-16-18(24)21(12-17(22)23)19(25)26-16/h7-10H,5-6,11-12H2,1-4H3,(H,22,23). The molecule has 6 heteroatoms. The lowest BCUT2D eigenvalue weighted by atomic mass is 9.72. The molecule has 1 saturated heterocycles. The van der Waals surface area contributed by atoms with Crippen molar-refractivity contribution in [1.29, 1.82) is 0 Å². The van der Waals surface area contributed by atoms with E-state index in [2.05, 4.69) is 26.8 Å². The number of aliphatic carboxylic acids is 1. The summed E-state index contributed by atoms with van der Waals surface area (Å²) < 4.78 is 0. The first-order valence-corrected chi connectivity index (χ1v) is 9.46. The SMILES string of the molecule is CC(C=CC1=C(C)CCCC1(C)C)=CC=C1SC(=O)N(CC(=O)O)C1=O. The molecule has 1 aliphatic heterocycles. The molecule has 1 aliphatic carbocycles. The molecule has 0 aromatic heterocycles. The largest absolute Gasteiger partial charge is 0.480 e. The first-order chi connectivity index (χ1) is 12.1. The minimum atomic E-state index is -1.21. The van der Waals surface area contributed by atoms with Crippen molar-refractivity contribution >= 4 is 28.9 Å². The number of nitrogens with zero attached hydrogens (tertiary/aromatic N) is 1. The fraction of sp³-hybridized carbons (Fsp3) is 0.450. The van der Waals surface area contributed by atoms with Gasteiger partial charge in [0, 0.05) is 0 Å². The lowest BCUT2D eigenvalue weighted by molar-refractivity contribution is -0.140. The van der Waals surface area contributed by atoms with Crippen LogP contribution in [0, 0.1) is 5.41 Å². The van der Waals surface area contributed by atoms with Gasteiger partial charge in [-0.1, -0.05) is 43.2 Å². The molecule has 1 heterocycles. The Hall–Kier alpha value is -2.08. The van der Waals surface area contributed by atoms with E-state index in [1.807, 2.05) is 13.0 Å². The van der Waals surface area contributed by atoms with Crippen LogP contribution in [0.25, 0.3) is 0 Å². The zero-order valence-corrected chi connectivity index (χ0v) is 16.5. The van der Waals surface area contributed by atoms with Crippen LogP contribution in [0.2, 0.25) is 0 Å². The van der Waals surface area contributed by atoms with Gasteiger partial charge in [-0.25, -0.2) is 0 Å². The van der Waals surface area contributed by atoms with Crippen molar-refractivity contribution in [2.45, 2.75) is 47.0 Å². The highest BCUT2D eigenvalue weighted by molar-refractivity contribution is 8.18. The summed E-state index contributed by atoms with van der Waals surface area (Å²) in [6.45, 7) is 8.02. The molecule has 0 aromatic rings. The summed E-state index contributed by atoms with van der Waals surface area (Å²) in [7, 11) is 0. The Morgan fingerprint density at radius 2 is 2.04 bits per heavy atom. The summed E-state index contributed by atoms with van der Waals surface area (Å²) in [4.78, 5) is 35.6. The molecule has 2 rings (SSSR count). The maximum atomic E-state index is 12.1. The smallest absolute Gasteiger partial charge is 0.323 e. The van der Waals surface area contributed by atoms with Crippen LogP contribution in [0.15, 0.2) is 45.9 Å². The van der Waals surface area contributed by atoms with Gasteiger partial charge in [-0.15, -0.1) is 0 Å². The van der Waals surface area contributed by atoms with E-state index in [0.717, 1.165) is 28.7 Å². The molecule has 0 spiro atoms. The minimum Gasteiger partial charge on any atom is -0.480 e. The molecule has 0 bridgehead atoms. The van der Waals surface area contributed by atoms with E-state index in [0.29, 0.717) is 0 Å².